The second-order valence-electron chi connectivity index (χ2n) is 8.88. The first-order valence-electron chi connectivity index (χ1n) is 11.1. The molecule has 1 N–H and O–H groups in total. The van der Waals surface area contributed by atoms with Crippen LogP contribution in [0.1, 0.15) is 50.2 Å². The van der Waals surface area contributed by atoms with E-state index in [1.165, 1.54) is 18.3 Å². The van der Waals surface area contributed by atoms with Gasteiger partial charge in [0, 0.05) is 13.1 Å². The van der Waals surface area contributed by atoms with Gasteiger partial charge in [-0.25, -0.2) is 9.78 Å². The molecule has 0 fully saturated rings. The van der Waals surface area contributed by atoms with Crippen LogP contribution in [-0.4, -0.2) is 44.9 Å². The van der Waals surface area contributed by atoms with Gasteiger partial charge < -0.3 is 19.5 Å². The van der Waals surface area contributed by atoms with Crippen LogP contribution in [0.5, 0.6) is 0 Å². The van der Waals surface area contributed by atoms with Gasteiger partial charge in [-0.15, -0.1) is 0 Å². The predicted octanol–water partition coefficient (Wildman–Crippen LogP) is 3.02. The molecule has 0 spiro atoms. The number of fused-ring (bicyclic) bond motifs is 1. The first kappa shape index (κ1) is 23.2. The minimum absolute atomic E-state index is 0.0523. The van der Waals surface area contributed by atoms with Crippen molar-refractivity contribution in [1.29, 1.82) is 0 Å². The number of nitrogens with zero attached hydrogens (tertiary/aromatic N) is 3. The van der Waals surface area contributed by atoms with Gasteiger partial charge in [0.25, 0.3) is 5.91 Å². The van der Waals surface area contributed by atoms with Gasteiger partial charge in [-0.2, -0.15) is 0 Å². The summed E-state index contributed by atoms with van der Waals surface area (Å²) >= 11 is 0. The lowest BCUT2D eigenvalue weighted by molar-refractivity contribution is -0.133. The Morgan fingerprint density at radius 1 is 1.03 bits per heavy atom. The fourth-order valence-corrected chi connectivity index (χ4v) is 4.14. The van der Waals surface area contributed by atoms with E-state index in [9.17, 15) is 14.4 Å². The number of esters is 1. The number of imidazole rings is 1. The quantitative estimate of drug-likeness (QED) is 0.571. The van der Waals surface area contributed by atoms with E-state index in [0.29, 0.717) is 6.54 Å². The molecule has 8 heteroatoms. The van der Waals surface area contributed by atoms with E-state index in [-0.39, 0.29) is 30.4 Å². The monoisotopic (exact) mass is 460 g/mol. The van der Waals surface area contributed by atoms with Crippen LogP contribution in [0.25, 0.3) is 0 Å². The van der Waals surface area contributed by atoms with Gasteiger partial charge in [0.15, 0.2) is 5.69 Å². The summed E-state index contributed by atoms with van der Waals surface area (Å²) < 4.78 is 6.37. The zero-order chi connectivity index (χ0) is 24.5. The van der Waals surface area contributed by atoms with E-state index in [4.69, 9.17) is 4.74 Å². The lowest BCUT2D eigenvalue weighted by Gasteiger charge is -2.43. The van der Waals surface area contributed by atoms with Crippen molar-refractivity contribution >= 4 is 17.8 Å². The van der Waals surface area contributed by atoms with E-state index in [1.807, 2.05) is 62.4 Å². The maximum absolute atomic E-state index is 13.7. The van der Waals surface area contributed by atoms with Crippen molar-refractivity contribution in [2.24, 2.45) is 0 Å². The molecule has 0 aliphatic carbocycles. The number of aromatic nitrogens is 2. The fourth-order valence-electron chi connectivity index (χ4n) is 4.14. The first-order valence-corrected chi connectivity index (χ1v) is 11.1. The van der Waals surface area contributed by atoms with Crippen LogP contribution in [0.15, 0.2) is 54.9 Å². The molecule has 176 valence electrons. The number of ether oxygens (including phenoxy) is 1. The van der Waals surface area contributed by atoms with Crippen LogP contribution in [0.3, 0.4) is 0 Å². The molecule has 34 heavy (non-hydrogen) atoms. The maximum Gasteiger partial charge on any atom is 0.359 e. The van der Waals surface area contributed by atoms with E-state index >= 15 is 0 Å². The van der Waals surface area contributed by atoms with Gasteiger partial charge in [0.1, 0.15) is 11.2 Å². The molecule has 3 aromatic rings. The van der Waals surface area contributed by atoms with E-state index in [0.717, 1.165) is 22.3 Å². The third kappa shape index (κ3) is 4.31. The van der Waals surface area contributed by atoms with Crippen molar-refractivity contribution in [1.82, 2.24) is 19.8 Å². The van der Waals surface area contributed by atoms with E-state index in [2.05, 4.69) is 10.3 Å². The predicted molar refractivity (Wildman–Crippen MR) is 126 cm³/mol. The van der Waals surface area contributed by atoms with E-state index < -0.39 is 17.4 Å². The number of nitrogens with one attached hydrogen (secondary N) is 1. The zero-order valence-corrected chi connectivity index (χ0v) is 19.8. The van der Waals surface area contributed by atoms with Crippen molar-refractivity contribution in [3.63, 3.8) is 0 Å². The molecule has 1 aromatic heterocycles. The van der Waals surface area contributed by atoms with Crippen molar-refractivity contribution < 1.29 is 19.1 Å². The lowest BCUT2D eigenvalue weighted by Crippen LogP contribution is -2.63. The second-order valence-corrected chi connectivity index (χ2v) is 8.88. The third-order valence-electron chi connectivity index (χ3n) is 6.26. The summed E-state index contributed by atoms with van der Waals surface area (Å²) in [6.45, 7) is 6.43. The van der Waals surface area contributed by atoms with Crippen LogP contribution in [0.4, 0.5) is 0 Å². The molecule has 0 saturated carbocycles. The summed E-state index contributed by atoms with van der Waals surface area (Å²) in [4.78, 5) is 45.1. The lowest BCUT2D eigenvalue weighted by atomic mass is 9.93. The number of hydrogen-bond donors (Lipinski definition) is 1. The average molecular weight is 461 g/mol. The highest BCUT2D eigenvalue weighted by atomic mass is 16.5. The number of carbonyl (C=O) groups is 3. The Labute approximate surface area is 198 Å². The molecule has 2 amide bonds. The summed E-state index contributed by atoms with van der Waals surface area (Å²) in [6, 6.07) is 15.7. The number of benzene rings is 2. The zero-order valence-electron chi connectivity index (χ0n) is 19.8. The fraction of sp³-hybridized carbons (Fsp3) is 0.308. The Morgan fingerprint density at radius 2 is 1.62 bits per heavy atom. The smallest absolute Gasteiger partial charge is 0.359 e. The molecule has 1 aliphatic rings. The number of rotatable bonds is 6. The largest absolute Gasteiger partial charge is 0.464 e. The highest BCUT2D eigenvalue weighted by Crippen LogP contribution is 2.31. The standard InChI is InChI=1S/C26H28N4O4/c1-17-5-9-19(10-6-17)13-27-25(33)26(3)15-29-16-28-21(24(32)34-4)22(29)23(31)30(26)14-20-11-7-18(2)8-12-20/h5-12,16H,13-15H2,1-4H3,(H,27,33)/t26-/m0/s1. The van der Waals surface area contributed by atoms with Crippen molar-refractivity contribution in [2.75, 3.05) is 7.11 Å². The Bertz CT molecular complexity index is 1230. The molecular formula is C26H28N4O4. The Kier molecular flexibility index (Phi) is 6.24. The van der Waals surface area contributed by atoms with Gasteiger partial charge in [-0.3, -0.25) is 9.59 Å². The molecule has 8 nitrogen and oxygen atoms in total. The molecule has 2 heterocycles. The molecule has 0 saturated heterocycles. The van der Waals surface area contributed by atoms with Crippen LogP contribution < -0.4 is 5.32 Å². The Hall–Kier alpha value is -3.94. The molecule has 0 unspecified atom stereocenters. The van der Waals surface area contributed by atoms with Crippen molar-refractivity contribution in [2.45, 2.75) is 45.9 Å². The average Bonchev–Trinajstić information content (AvgIpc) is 3.25. The van der Waals surface area contributed by atoms with Crippen LogP contribution >= 0.6 is 0 Å². The minimum atomic E-state index is -1.20. The van der Waals surface area contributed by atoms with E-state index in [1.54, 1.807) is 11.5 Å². The second kappa shape index (κ2) is 9.13. The SMILES string of the molecule is COC(=O)c1ncn2c1C(=O)N(Cc1ccc(C)cc1)[C@](C)(C(=O)NCc1ccc(C)cc1)C2. The minimum Gasteiger partial charge on any atom is -0.464 e. The first-order chi connectivity index (χ1) is 16.2. The van der Waals surface area contributed by atoms with Gasteiger partial charge in [-0.05, 0) is 31.9 Å². The number of hydrogen-bond acceptors (Lipinski definition) is 5. The van der Waals surface area contributed by atoms with Gasteiger partial charge in [-0.1, -0.05) is 59.7 Å². The summed E-state index contributed by atoms with van der Waals surface area (Å²) in [5.41, 5.74) is 2.95. The molecule has 4 rings (SSSR count). The number of aryl methyl sites for hydroxylation is 2. The van der Waals surface area contributed by atoms with Crippen molar-refractivity contribution in [3.05, 3.63) is 88.5 Å². The highest BCUT2D eigenvalue weighted by molar-refractivity contribution is 6.06. The molecular weight excluding hydrogens is 432 g/mol. The number of carbonyl (C=O) groups excluding carboxylic acids is 3. The third-order valence-corrected chi connectivity index (χ3v) is 6.26. The van der Waals surface area contributed by atoms with Crippen LogP contribution in [0.2, 0.25) is 0 Å². The number of amides is 2. The molecule has 0 bridgehead atoms. The summed E-state index contributed by atoms with van der Waals surface area (Å²) in [5, 5.41) is 2.99. The molecule has 2 aromatic carbocycles. The van der Waals surface area contributed by atoms with Crippen molar-refractivity contribution in [3.8, 4) is 0 Å². The summed E-state index contributed by atoms with van der Waals surface area (Å²) in [5.74, 6) is -1.42. The summed E-state index contributed by atoms with van der Waals surface area (Å²) in [6.07, 6.45) is 1.41. The molecule has 1 aliphatic heterocycles. The summed E-state index contributed by atoms with van der Waals surface area (Å²) in [7, 11) is 1.24. The normalized spacial score (nSPS) is 17.3. The van der Waals surface area contributed by atoms with Gasteiger partial charge >= 0.3 is 5.97 Å². The molecule has 0 radical (unpaired) electrons. The topological polar surface area (TPSA) is 93.5 Å². The van der Waals surface area contributed by atoms with Gasteiger partial charge in [0.2, 0.25) is 5.91 Å². The van der Waals surface area contributed by atoms with Crippen LogP contribution in [-0.2, 0) is 29.2 Å². The van der Waals surface area contributed by atoms with Gasteiger partial charge in [0.05, 0.1) is 20.0 Å². The molecule has 1 atom stereocenters. The Balaban J connectivity index is 1.68. The maximum atomic E-state index is 13.7. The van der Waals surface area contributed by atoms with Crippen LogP contribution in [0, 0.1) is 13.8 Å². The number of methoxy groups -OCH3 is 1. The highest BCUT2D eigenvalue weighted by Gasteiger charge is 2.48. The Morgan fingerprint density at radius 3 is 2.21 bits per heavy atom.